The molecule has 1 aliphatic heterocycles. The number of sulfonamides is 1. The molecule has 1 saturated heterocycles. The maximum absolute atomic E-state index is 12.6. The van der Waals surface area contributed by atoms with Crippen molar-refractivity contribution in [3.63, 3.8) is 0 Å². The molecule has 2 rings (SSSR count). The van der Waals surface area contributed by atoms with Crippen LogP contribution in [0, 0.1) is 0 Å². The van der Waals surface area contributed by atoms with Crippen LogP contribution < -0.4 is 11.1 Å². The van der Waals surface area contributed by atoms with Gasteiger partial charge in [0.1, 0.15) is 0 Å². The van der Waals surface area contributed by atoms with Gasteiger partial charge in [-0.15, -0.1) is 0 Å². The summed E-state index contributed by atoms with van der Waals surface area (Å²) < 4.78 is 31.8. The van der Waals surface area contributed by atoms with E-state index in [1.165, 1.54) is 7.11 Å². The van der Waals surface area contributed by atoms with Crippen molar-refractivity contribution in [2.75, 3.05) is 26.7 Å². The van der Waals surface area contributed by atoms with Crippen molar-refractivity contribution in [1.82, 2.24) is 9.62 Å². The van der Waals surface area contributed by atoms with Crippen LogP contribution >= 0.6 is 0 Å². The largest absolute Gasteiger partial charge is 0.380 e. The zero-order valence-corrected chi connectivity index (χ0v) is 15.4. The second kappa shape index (κ2) is 9.28. The molecule has 3 N–H and O–H groups in total. The molecule has 140 valence electrons. The van der Waals surface area contributed by atoms with Crippen LogP contribution in [-0.2, 0) is 26.1 Å². The SMILES string of the molecule is COC(CN)CC(=O)NCc1ccc(S(=O)(=O)N2CCCCC2)cc1. The number of piperidine rings is 1. The van der Waals surface area contributed by atoms with Crippen LogP contribution in [-0.4, -0.2) is 51.5 Å². The quantitative estimate of drug-likeness (QED) is 0.707. The van der Waals surface area contributed by atoms with E-state index in [-0.39, 0.29) is 25.0 Å². The maximum Gasteiger partial charge on any atom is 0.243 e. The van der Waals surface area contributed by atoms with Gasteiger partial charge in [-0.1, -0.05) is 18.6 Å². The summed E-state index contributed by atoms with van der Waals surface area (Å²) in [5.74, 6) is -0.151. The van der Waals surface area contributed by atoms with Crippen molar-refractivity contribution in [2.45, 2.75) is 43.2 Å². The van der Waals surface area contributed by atoms with Gasteiger partial charge in [-0.3, -0.25) is 4.79 Å². The van der Waals surface area contributed by atoms with Gasteiger partial charge in [-0.05, 0) is 30.5 Å². The second-order valence-electron chi connectivity index (χ2n) is 6.18. The number of rotatable bonds is 8. The Morgan fingerprint density at radius 2 is 1.88 bits per heavy atom. The number of nitrogens with zero attached hydrogens (tertiary/aromatic N) is 1. The van der Waals surface area contributed by atoms with E-state index < -0.39 is 10.0 Å². The molecule has 8 heteroatoms. The standard InChI is InChI=1S/C17H27N3O4S/c1-24-15(12-18)11-17(21)19-13-14-5-7-16(8-6-14)25(22,23)20-9-3-2-4-10-20/h5-8,15H,2-4,9-13,18H2,1H3,(H,19,21). The summed E-state index contributed by atoms with van der Waals surface area (Å²) in [7, 11) is -1.90. The number of nitrogens with two attached hydrogens (primary N) is 1. The molecule has 1 atom stereocenters. The van der Waals surface area contributed by atoms with E-state index in [4.69, 9.17) is 10.5 Å². The third kappa shape index (κ3) is 5.50. The third-order valence-corrected chi connectivity index (χ3v) is 6.29. The Labute approximate surface area is 149 Å². The van der Waals surface area contributed by atoms with Crippen molar-refractivity contribution in [3.05, 3.63) is 29.8 Å². The van der Waals surface area contributed by atoms with Crippen molar-refractivity contribution in [3.8, 4) is 0 Å². The summed E-state index contributed by atoms with van der Waals surface area (Å²) >= 11 is 0. The normalized spacial score (nSPS) is 17.2. The lowest BCUT2D eigenvalue weighted by Gasteiger charge is -2.25. The Kier molecular flexibility index (Phi) is 7.37. The zero-order valence-electron chi connectivity index (χ0n) is 14.6. The first-order valence-electron chi connectivity index (χ1n) is 8.56. The zero-order chi connectivity index (χ0) is 18.3. The molecule has 7 nitrogen and oxygen atoms in total. The molecule has 1 unspecified atom stereocenters. The highest BCUT2D eigenvalue weighted by atomic mass is 32.2. The van der Waals surface area contributed by atoms with Gasteiger partial charge in [-0.25, -0.2) is 8.42 Å². The Morgan fingerprint density at radius 3 is 2.44 bits per heavy atom. The van der Waals surface area contributed by atoms with Gasteiger partial charge in [0.25, 0.3) is 0 Å². The lowest BCUT2D eigenvalue weighted by atomic mass is 10.2. The van der Waals surface area contributed by atoms with Crippen LogP contribution in [0.15, 0.2) is 29.2 Å². The summed E-state index contributed by atoms with van der Waals surface area (Å²) in [4.78, 5) is 12.1. The maximum atomic E-state index is 12.6. The van der Waals surface area contributed by atoms with Crippen LogP contribution in [0.2, 0.25) is 0 Å². The molecule has 0 aliphatic carbocycles. The first-order chi connectivity index (χ1) is 12.0. The molecule has 1 aromatic rings. The molecular weight excluding hydrogens is 342 g/mol. The highest BCUT2D eigenvalue weighted by Gasteiger charge is 2.25. The van der Waals surface area contributed by atoms with E-state index in [1.54, 1.807) is 28.6 Å². The Morgan fingerprint density at radius 1 is 1.24 bits per heavy atom. The molecule has 0 saturated carbocycles. The highest BCUT2D eigenvalue weighted by molar-refractivity contribution is 7.89. The van der Waals surface area contributed by atoms with E-state index in [2.05, 4.69) is 5.32 Å². The topological polar surface area (TPSA) is 102 Å². The number of hydrogen-bond donors (Lipinski definition) is 2. The number of amides is 1. The summed E-state index contributed by atoms with van der Waals surface area (Å²) in [5.41, 5.74) is 6.33. The van der Waals surface area contributed by atoms with E-state index in [1.807, 2.05) is 0 Å². The molecule has 25 heavy (non-hydrogen) atoms. The number of carbonyl (C=O) groups is 1. The molecule has 0 radical (unpaired) electrons. The van der Waals surface area contributed by atoms with Crippen molar-refractivity contribution >= 4 is 15.9 Å². The van der Waals surface area contributed by atoms with Crippen molar-refractivity contribution < 1.29 is 17.9 Å². The molecule has 1 aromatic carbocycles. The van der Waals surface area contributed by atoms with E-state index in [0.717, 1.165) is 24.8 Å². The first kappa shape index (κ1) is 19.8. The molecule has 0 bridgehead atoms. The molecular formula is C17H27N3O4S. The summed E-state index contributed by atoms with van der Waals surface area (Å²) in [5, 5.41) is 2.79. The van der Waals surface area contributed by atoms with E-state index in [0.29, 0.717) is 24.5 Å². The number of hydrogen-bond acceptors (Lipinski definition) is 5. The fourth-order valence-electron chi connectivity index (χ4n) is 2.78. The van der Waals surface area contributed by atoms with Gasteiger partial charge in [0.15, 0.2) is 0 Å². The molecule has 1 heterocycles. The van der Waals surface area contributed by atoms with Crippen molar-refractivity contribution in [1.29, 1.82) is 0 Å². The van der Waals surface area contributed by atoms with Gasteiger partial charge in [-0.2, -0.15) is 4.31 Å². The lowest BCUT2D eigenvalue weighted by molar-refractivity contribution is -0.123. The molecule has 1 amide bonds. The fourth-order valence-corrected chi connectivity index (χ4v) is 4.29. The summed E-state index contributed by atoms with van der Waals surface area (Å²) in [6.45, 7) is 1.79. The number of carbonyl (C=O) groups excluding carboxylic acids is 1. The van der Waals surface area contributed by atoms with Crippen LogP contribution in [0.4, 0.5) is 0 Å². The number of methoxy groups -OCH3 is 1. The van der Waals surface area contributed by atoms with Gasteiger partial charge in [0.05, 0.1) is 17.4 Å². The van der Waals surface area contributed by atoms with Gasteiger partial charge in [0, 0.05) is 33.3 Å². The lowest BCUT2D eigenvalue weighted by Crippen LogP contribution is -2.35. The van der Waals surface area contributed by atoms with Crippen LogP contribution in [0.1, 0.15) is 31.2 Å². The number of ether oxygens (including phenoxy) is 1. The highest BCUT2D eigenvalue weighted by Crippen LogP contribution is 2.20. The minimum atomic E-state index is -3.42. The summed E-state index contributed by atoms with van der Waals surface area (Å²) in [6.07, 6.45) is 2.81. The predicted octanol–water partition coefficient (Wildman–Crippen LogP) is 0.841. The van der Waals surface area contributed by atoms with Crippen molar-refractivity contribution in [2.24, 2.45) is 5.73 Å². The second-order valence-corrected chi connectivity index (χ2v) is 8.12. The predicted molar refractivity (Wildman–Crippen MR) is 95.4 cm³/mol. The first-order valence-corrected chi connectivity index (χ1v) is 10.00. The minimum Gasteiger partial charge on any atom is -0.380 e. The van der Waals surface area contributed by atoms with E-state index >= 15 is 0 Å². The summed E-state index contributed by atoms with van der Waals surface area (Å²) in [6, 6.07) is 6.66. The smallest absolute Gasteiger partial charge is 0.243 e. The molecule has 0 aromatic heterocycles. The number of nitrogens with one attached hydrogen (secondary N) is 1. The van der Waals surface area contributed by atoms with Crippen LogP contribution in [0.3, 0.4) is 0 Å². The average molecular weight is 369 g/mol. The molecule has 1 aliphatic rings. The monoisotopic (exact) mass is 369 g/mol. The fraction of sp³-hybridized carbons (Fsp3) is 0.588. The third-order valence-electron chi connectivity index (χ3n) is 4.38. The average Bonchev–Trinajstić information content (AvgIpc) is 2.65. The van der Waals surface area contributed by atoms with Gasteiger partial charge in [0.2, 0.25) is 15.9 Å². The minimum absolute atomic E-state index is 0.151. The Bertz CT molecular complexity index is 651. The van der Waals surface area contributed by atoms with E-state index in [9.17, 15) is 13.2 Å². The number of benzene rings is 1. The van der Waals surface area contributed by atoms with Crippen LogP contribution in [0.5, 0.6) is 0 Å². The molecule has 1 fully saturated rings. The molecule has 0 spiro atoms. The van der Waals surface area contributed by atoms with Gasteiger partial charge >= 0.3 is 0 Å². The van der Waals surface area contributed by atoms with Crippen LogP contribution in [0.25, 0.3) is 0 Å². The Balaban J connectivity index is 1.92. The Hall–Kier alpha value is -1.48. The van der Waals surface area contributed by atoms with Gasteiger partial charge < -0.3 is 15.8 Å².